The van der Waals surface area contributed by atoms with Crippen molar-refractivity contribution in [1.29, 1.82) is 0 Å². The van der Waals surface area contributed by atoms with Crippen LogP contribution in [0.4, 0.5) is 15.6 Å². The Hall–Kier alpha value is -6.09. The Labute approximate surface area is 379 Å². The van der Waals surface area contributed by atoms with Crippen molar-refractivity contribution in [2.45, 2.75) is 81.4 Å². The molecule has 7 rings (SSSR count). The van der Waals surface area contributed by atoms with Gasteiger partial charge in [-0.3, -0.25) is 19.8 Å². The van der Waals surface area contributed by atoms with Crippen molar-refractivity contribution in [1.82, 2.24) is 35.8 Å². The molecule has 2 aromatic carbocycles. The Kier molecular flexibility index (Phi) is 13.3. The van der Waals surface area contributed by atoms with Crippen molar-refractivity contribution in [2.24, 2.45) is 11.3 Å². The van der Waals surface area contributed by atoms with Gasteiger partial charge in [0.1, 0.15) is 45.1 Å². The van der Waals surface area contributed by atoms with E-state index in [4.69, 9.17) is 19.4 Å². The number of likely N-dealkylation sites (tertiary alicyclic amines) is 1. The maximum Gasteiger partial charge on any atom is 0.337 e. The van der Waals surface area contributed by atoms with Crippen LogP contribution in [0.25, 0.3) is 22.3 Å². The lowest BCUT2D eigenvalue weighted by atomic mass is 9.86. The topological polar surface area (TPSA) is 222 Å². The molecule has 5 atom stereocenters. The van der Waals surface area contributed by atoms with Gasteiger partial charge in [-0.15, -0.1) is 29.3 Å². The number of fused-ring (bicyclic) bond motifs is 1. The third-order valence-corrected chi connectivity index (χ3v) is 14.4. The Morgan fingerprint density at radius 1 is 0.984 bits per heavy atom. The molecule has 1 aliphatic heterocycles. The first-order valence-electron chi connectivity index (χ1n) is 20.5. The molecule has 20 heteroatoms. The van der Waals surface area contributed by atoms with Crippen LogP contribution in [0.2, 0.25) is 0 Å². The number of nitrogens with zero attached hydrogens (tertiary/aromatic N) is 3. The van der Waals surface area contributed by atoms with E-state index in [1.165, 1.54) is 28.4 Å². The van der Waals surface area contributed by atoms with Crippen molar-refractivity contribution >= 4 is 78.2 Å². The minimum absolute atomic E-state index is 0.0268. The van der Waals surface area contributed by atoms with E-state index in [-0.39, 0.29) is 29.6 Å². The summed E-state index contributed by atoms with van der Waals surface area (Å²) in [5.74, 6) is -1.58. The molecule has 1 saturated heterocycles. The summed E-state index contributed by atoms with van der Waals surface area (Å²) in [5.41, 5.74) is 4.43. The number of thiophene rings is 1. The Morgan fingerprint density at radius 3 is 2.41 bits per heavy atom. The number of benzene rings is 2. The minimum atomic E-state index is -4.16. The predicted molar refractivity (Wildman–Crippen MR) is 246 cm³/mol. The summed E-state index contributed by atoms with van der Waals surface area (Å²) < 4.78 is 42.2. The molecule has 5 aromatic rings. The number of methoxy groups -OCH3 is 1. The number of hydrazine groups is 1. The highest BCUT2D eigenvalue weighted by Gasteiger charge is 2.61. The number of sulfonamides is 1. The molecule has 0 radical (unpaired) electrons. The minimum Gasteiger partial charge on any atom is -0.497 e. The van der Waals surface area contributed by atoms with E-state index in [9.17, 15) is 27.6 Å². The smallest absolute Gasteiger partial charge is 0.337 e. The summed E-state index contributed by atoms with van der Waals surface area (Å²) in [6, 6.07) is 15.7. The summed E-state index contributed by atoms with van der Waals surface area (Å²) in [6.45, 7) is 12.9. The van der Waals surface area contributed by atoms with Crippen molar-refractivity contribution in [3.05, 3.63) is 90.1 Å². The van der Waals surface area contributed by atoms with E-state index in [2.05, 4.69) is 38.1 Å². The van der Waals surface area contributed by atoms with Crippen LogP contribution in [0.5, 0.6) is 11.5 Å². The first kappa shape index (κ1) is 45.9. The zero-order valence-corrected chi connectivity index (χ0v) is 38.6. The van der Waals surface area contributed by atoms with Gasteiger partial charge in [-0.05, 0) is 61.4 Å². The standard InChI is InChI=1S/C44H51N9O8S3/c1-8-26-22-44(26,40(56)50-51-41(57)46-27-13-10-9-11-14-27)49-38(54)34-20-29(23-53(34)39(55)37(43(4,5)6)52-64(58,59)36-15-12-18-62-36)61-35-21-32(33-24-63-42(48-33)45-25(2)3)47-31-19-28(60-7)16-17-30(31)35/h8-19,21,24-26,29,34,37,52H,1,20,22-23H2,2-7H3,(H,45,48)(H,49,54)(H,50,56)(H2,46,51,57)/t26-,29-,34+,37-,44+/m1/s1. The number of nitrogens with one attached hydrogen (secondary N) is 6. The van der Waals surface area contributed by atoms with E-state index in [1.54, 1.807) is 87.9 Å². The van der Waals surface area contributed by atoms with Gasteiger partial charge in [-0.2, -0.15) is 4.72 Å². The maximum atomic E-state index is 14.9. The van der Waals surface area contributed by atoms with E-state index in [1.807, 2.05) is 25.3 Å². The molecule has 2 fully saturated rings. The molecular formula is C44H51N9O8S3. The number of urea groups is 1. The number of pyridine rings is 1. The highest BCUT2D eigenvalue weighted by atomic mass is 32.2. The molecule has 4 heterocycles. The van der Waals surface area contributed by atoms with Gasteiger partial charge in [0.2, 0.25) is 11.8 Å². The molecule has 2 aliphatic rings. The third-order valence-electron chi connectivity index (χ3n) is 10.8. The normalized spacial score (nSPS) is 20.0. The lowest BCUT2D eigenvalue weighted by Crippen LogP contribution is -2.60. The molecule has 64 heavy (non-hydrogen) atoms. The Morgan fingerprint density at radius 2 is 1.75 bits per heavy atom. The van der Waals surface area contributed by atoms with Crippen LogP contribution in [0, 0.1) is 11.3 Å². The van der Waals surface area contributed by atoms with Crippen molar-refractivity contribution in [2.75, 3.05) is 24.3 Å². The van der Waals surface area contributed by atoms with Crippen molar-refractivity contribution in [3.63, 3.8) is 0 Å². The molecule has 17 nitrogen and oxygen atoms in total. The number of thiazole rings is 1. The SMILES string of the molecule is C=C[C@@H]1C[C@@]1(NC(=O)[C@@H]1C[C@@H](Oc2cc(-c3csc(NC(C)C)n3)nc3cc(OC)ccc23)CN1C(=O)[C@@H](NS(=O)(=O)c1cccs1)C(C)(C)C)C(=O)NNC(=O)Nc1ccccc1. The number of anilines is 2. The van der Waals surface area contributed by atoms with Crippen molar-refractivity contribution in [3.8, 4) is 22.9 Å². The first-order valence-corrected chi connectivity index (χ1v) is 23.8. The Balaban J connectivity index is 1.20. The van der Waals surface area contributed by atoms with Gasteiger partial charge in [-0.25, -0.2) is 28.6 Å². The fourth-order valence-corrected chi connectivity index (χ4v) is 10.7. The van der Waals surface area contributed by atoms with Crippen LogP contribution < -0.4 is 41.0 Å². The fraction of sp³-hybridized carbons (Fsp3) is 0.364. The van der Waals surface area contributed by atoms with Crippen LogP contribution in [0.3, 0.4) is 0 Å². The number of para-hydroxylation sites is 1. The summed E-state index contributed by atoms with van der Waals surface area (Å²) in [4.78, 5) is 66.9. The number of aromatic nitrogens is 2. The average molecular weight is 930 g/mol. The first-order chi connectivity index (χ1) is 30.4. The second-order valence-electron chi connectivity index (χ2n) is 17.0. The third kappa shape index (κ3) is 10.1. The van der Waals surface area contributed by atoms with Gasteiger partial charge in [0.15, 0.2) is 5.13 Å². The molecular weight excluding hydrogens is 879 g/mol. The summed E-state index contributed by atoms with van der Waals surface area (Å²) >= 11 is 2.44. The number of carbonyl (C=O) groups is 4. The second-order valence-corrected chi connectivity index (χ2v) is 20.7. The van der Waals surface area contributed by atoms with E-state index < -0.39 is 68.8 Å². The molecule has 5 amide bonds. The molecule has 0 bridgehead atoms. The lowest BCUT2D eigenvalue weighted by molar-refractivity contribution is -0.142. The molecule has 0 unspecified atom stereocenters. The van der Waals surface area contributed by atoms with Gasteiger partial charge in [0.25, 0.3) is 15.9 Å². The van der Waals surface area contributed by atoms with Crippen molar-refractivity contribution < 1.29 is 37.1 Å². The lowest BCUT2D eigenvalue weighted by Gasteiger charge is -2.35. The van der Waals surface area contributed by atoms with Crippen LogP contribution in [0.15, 0.2) is 94.4 Å². The van der Waals surface area contributed by atoms with Crippen LogP contribution in [-0.2, 0) is 24.4 Å². The monoisotopic (exact) mass is 929 g/mol. The zero-order valence-electron chi connectivity index (χ0n) is 36.1. The van der Waals surface area contributed by atoms with E-state index in [0.29, 0.717) is 44.6 Å². The Bertz CT molecular complexity index is 2650. The maximum absolute atomic E-state index is 14.9. The van der Waals surface area contributed by atoms with E-state index in [0.717, 1.165) is 11.3 Å². The highest BCUT2D eigenvalue weighted by molar-refractivity contribution is 7.91. The fourth-order valence-electron chi connectivity index (χ4n) is 7.43. The van der Waals surface area contributed by atoms with Gasteiger partial charge >= 0.3 is 6.03 Å². The number of amides is 5. The summed E-state index contributed by atoms with van der Waals surface area (Å²) in [5, 5.41) is 13.7. The molecule has 3 aromatic heterocycles. The molecule has 6 N–H and O–H groups in total. The number of ether oxygens (including phenoxy) is 2. The van der Waals surface area contributed by atoms with Gasteiger partial charge in [-0.1, -0.05) is 51.1 Å². The predicted octanol–water partition coefficient (Wildman–Crippen LogP) is 5.90. The number of hydrogen-bond donors (Lipinski definition) is 6. The second kappa shape index (κ2) is 18.6. The quantitative estimate of drug-likeness (QED) is 0.0536. The number of carbonyl (C=O) groups excluding carboxylic acids is 4. The number of hydrogen-bond acceptors (Lipinski definition) is 13. The molecule has 338 valence electrons. The summed E-state index contributed by atoms with van der Waals surface area (Å²) in [7, 11) is -2.60. The van der Waals surface area contributed by atoms with Crippen LogP contribution in [0.1, 0.15) is 47.5 Å². The molecule has 1 saturated carbocycles. The van der Waals surface area contributed by atoms with Crippen LogP contribution >= 0.6 is 22.7 Å². The van der Waals surface area contributed by atoms with Crippen LogP contribution in [-0.4, -0.2) is 90.5 Å². The largest absolute Gasteiger partial charge is 0.497 e. The molecule has 0 spiro atoms. The van der Waals surface area contributed by atoms with Gasteiger partial charge in [0.05, 0.1) is 24.9 Å². The van der Waals surface area contributed by atoms with Gasteiger partial charge < -0.3 is 30.3 Å². The zero-order chi connectivity index (χ0) is 46.0. The number of rotatable bonds is 15. The van der Waals surface area contributed by atoms with E-state index >= 15 is 0 Å². The molecule has 1 aliphatic carbocycles. The van der Waals surface area contributed by atoms with Gasteiger partial charge in [0, 0.05) is 47.0 Å². The highest BCUT2D eigenvalue weighted by Crippen LogP contribution is 2.45. The average Bonchev–Trinajstić information content (AvgIpc) is 3.72. The summed E-state index contributed by atoms with van der Waals surface area (Å²) in [6.07, 6.45) is 0.871.